The summed E-state index contributed by atoms with van der Waals surface area (Å²) in [5.41, 5.74) is 2.29. The third-order valence-corrected chi connectivity index (χ3v) is 3.51. The van der Waals surface area contributed by atoms with Gasteiger partial charge < -0.3 is 9.47 Å². The van der Waals surface area contributed by atoms with E-state index in [0.717, 1.165) is 16.9 Å². The fourth-order valence-corrected chi connectivity index (χ4v) is 2.21. The van der Waals surface area contributed by atoms with Crippen LogP contribution in [0.25, 0.3) is 12.2 Å². The number of carbonyl (C=O) groups is 1. The number of ether oxygens (including phenoxy) is 2. The highest BCUT2D eigenvalue weighted by Crippen LogP contribution is 2.15. The average molecular weight is 331 g/mol. The molecule has 0 fully saturated rings. The van der Waals surface area contributed by atoms with Gasteiger partial charge >= 0.3 is 5.97 Å². The van der Waals surface area contributed by atoms with E-state index in [2.05, 4.69) is 4.99 Å². The molecule has 124 valence electrons. The molecule has 1 aliphatic rings. The summed E-state index contributed by atoms with van der Waals surface area (Å²) < 4.78 is 10.3. The van der Waals surface area contributed by atoms with Gasteiger partial charge in [0.25, 0.3) is 0 Å². The Balaban J connectivity index is 1.68. The number of hydrogen-bond donors (Lipinski definition) is 0. The van der Waals surface area contributed by atoms with Crippen LogP contribution in [0.15, 0.2) is 83.5 Å². The number of hydrogen-bond acceptors (Lipinski definition) is 4. The van der Waals surface area contributed by atoms with Crippen LogP contribution in [-0.2, 0) is 9.53 Å². The lowest BCUT2D eigenvalue weighted by Gasteiger charge is -1.98. The average Bonchev–Trinajstić information content (AvgIpc) is 3.01. The Bertz CT molecular complexity index is 860. The first kappa shape index (κ1) is 16.5. The molecule has 2 aromatic carbocycles. The summed E-state index contributed by atoms with van der Waals surface area (Å²) in [6.07, 6.45) is 8.83. The molecule has 0 atom stereocenters. The maximum atomic E-state index is 11.8. The number of rotatable bonds is 5. The van der Waals surface area contributed by atoms with Gasteiger partial charge in [-0.2, -0.15) is 0 Å². The normalized spacial score (nSPS) is 15.8. The smallest absolute Gasteiger partial charge is 0.363 e. The number of cyclic esters (lactones) is 1. The van der Waals surface area contributed by atoms with Gasteiger partial charge in [-0.25, -0.2) is 9.79 Å². The second-order valence-corrected chi connectivity index (χ2v) is 5.27. The van der Waals surface area contributed by atoms with Crippen LogP contribution >= 0.6 is 0 Å². The zero-order chi connectivity index (χ0) is 17.5. The van der Waals surface area contributed by atoms with Crippen LogP contribution in [0.1, 0.15) is 11.1 Å². The van der Waals surface area contributed by atoms with Crippen molar-refractivity contribution in [2.45, 2.75) is 0 Å². The molecule has 0 saturated carbocycles. The Morgan fingerprint density at radius 2 is 1.64 bits per heavy atom. The summed E-state index contributed by atoms with van der Waals surface area (Å²) >= 11 is 0. The maximum absolute atomic E-state index is 11.8. The summed E-state index contributed by atoms with van der Waals surface area (Å²) in [4.78, 5) is 16.0. The zero-order valence-corrected chi connectivity index (χ0v) is 13.8. The molecule has 0 radical (unpaired) electrons. The lowest BCUT2D eigenvalue weighted by molar-refractivity contribution is -0.129. The van der Waals surface area contributed by atoms with Gasteiger partial charge in [0.1, 0.15) is 5.75 Å². The van der Waals surface area contributed by atoms with Crippen molar-refractivity contribution in [3.63, 3.8) is 0 Å². The Kier molecular flexibility index (Phi) is 5.22. The van der Waals surface area contributed by atoms with Crippen LogP contribution in [0.3, 0.4) is 0 Å². The van der Waals surface area contributed by atoms with E-state index in [0.29, 0.717) is 0 Å². The minimum absolute atomic E-state index is 0.278. The van der Waals surface area contributed by atoms with Gasteiger partial charge in [0.05, 0.1) is 7.11 Å². The molecule has 4 heteroatoms. The van der Waals surface area contributed by atoms with E-state index in [9.17, 15) is 4.79 Å². The van der Waals surface area contributed by atoms with E-state index < -0.39 is 5.97 Å². The highest BCUT2D eigenvalue weighted by atomic mass is 16.6. The van der Waals surface area contributed by atoms with Crippen molar-refractivity contribution in [3.05, 3.63) is 89.6 Å². The SMILES string of the molecule is COc1ccc(/C=C/C2=NC(=C\C=C\c3ccccc3)/C(=O)O2)cc1. The molecular weight excluding hydrogens is 314 g/mol. The van der Waals surface area contributed by atoms with Gasteiger partial charge in [-0.15, -0.1) is 0 Å². The van der Waals surface area contributed by atoms with E-state index in [-0.39, 0.29) is 11.6 Å². The highest BCUT2D eigenvalue weighted by Gasteiger charge is 2.20. The summed E-state index contributed by atoms with van der Waals surface area (Å²) in [5, 5.41) is 0. The fourth-order valence-electron chi connectivity index (χ4n) is 2.21. The lowest BCUT2D eigenvalue weighted by atomic mass is 10.2. The Labute approximate surface area is 146 Å². The molecule has 1 heterocycles. The number of aliphatic imine (C=N–C) groups is 1. The van der Waals surface area contributed by atoms with E-state index in [1.807, 2.05) is 66.7 Å². The second-order valence-electron chi connectivity index (χ2n) is 5.27. The van der Waals surface area contributed by atoms with Crippen LogP contribution in [0.2, 0.25) is 0 Å². The van der Waals surface area contributed by atoms with Crippen molar-refractivity contribution in [1.82, 2.24) is 0 Å². The predicted octanol–water partition coefficient (Wildman–Crippen LogP) is 4.26. The standard InChI is InChI=1S/C21H17NO3/c1-24-18-13-10-17(11-14-18)12-15-20-22-19(21(23)25-20)9-5-8-16-6-3-2-4-7-16/h2-15H,1H3/b8-5+,15-12+,19-9-. The van der Waals surface area contributed by atoms with Gasteiger partial charge in [0, 0.05) is 6.08 Å². The van der Waals surface area contributed by atoms with Crippen LogP contribution in [0.4, 0.5) is 0 Å². The number of esters is 1. The van der Waals surface area contributed by atoms with Crippen molar-refractivity contribution < 1.29 is 14.3 Å². The third-order valence-electron chi connectivity index (χ3n) is 3.51. The van der Waals surface area contributed by atoms with E-state index >= 15 is 0 Å². The first-order chi connectivity index (χ1) is 12.2. The number of methoxy groups -OCH3 is 1. The molecule has 0 N–H and O–H groups in total. The first-order valence-electron chi connectivity index (χ1n) is 7.81. The van der Waals surface area contributed by atoms with Crippen LogP contribution in [-0.4, -0.2) is 19.0 Å². The molecule has 0 bridgehead atoms. The molecule has 2 aromatic rings. The minimum atomic E-state index is -0.452. The summed E-state index contributed by atoms with van der Waals surface area (Å²) in [6, 6.07) is 17.4. The summed E-state index contributed by atoms with van der Waals surface area (Å²) in [6.45, 7) is 0. The Hall–Kier alpha value is -3.40. The van der Waals surface area contributed by atoms with E-state index in [1.54, 1.807) is 25.3 Å². The summed E-state index contributed by atoms with van der Waals surface area (Å²) in [5.74, 6) is 0.615. The first-order valence-corrected chi connectivity index (χ1v) is 7.81. The molecular formula is C21H17NO3. The van der Waals surface area contributed by atoms with Crippen molar-refractivity contribution >= 4 is 24.0 Å². The molecule has 0 aliphatic carbocycles. The Morgan fingerprint density at radius 3 is 2.36 bits per heavy atom. The van der Waals surface area contributed by atoms with Crippen molar-refractivity contribution in [2.75, 3.05) is 7.11 Å². The van der Waals surface area contributed by atoms with Gasteiger partial charge in [-0.3, -0.25) is 0 Å². The monoisotopic (exact) mass is 331 g/mol. The van der Waals surface area contributed by atoms with Gasteiger partial charge in [0.2, 0.25) is 5.90 Å². The lowest BCUT2D eigenvalue weighted by Crippen LogP contribution is -2.00. The second kappa shape index (κ2) is 7.93. The van der Waals surface area contributed by atoms with Gasteiger partial charge in [-0.05, 0) is 35.4 Å². The number of nitrogens with zero attached hydrogens (tertiary/aromatic N) is 1. The van der Waals surface area contributed by atoms with Crippen molar-refractivity contribution in [2.24, 2.45) is 4.99 Å². The van der Waals surface area contributed by atoms with Crippen LogP contribution < -0.4 is 4.74 Å². The van der Waals surface area contributed by atoms with Crippen molar-refractivity contribution in [3.8, 4) is 5.75 Å². The molecule has 3 rings (SSSR count). The molecule has 25 heavy (non-hydrogen) atoms. The Morgan fingerprint density at radius 1 is 0.920 bits per heavy atom. The van der Waals surface area contributed by atoms with Crippen LogP contribution in [0.5, 0.6) is 5.75 Å². The maximum Gasteiger partial charge on any atom is 0.363 e. The zero-order valence-electron chi connectivity index (χ0n) is 13.8. The largest absolute Gasteiger partial charge is 0.497 e. The molecule has 0 amide bonds. The highest BCUT2D eigenvalue weighted by molar-refractivity contribution is 6.09. The number of carbonyl (C=O) groups excluding carboxylic acids is 1. The third kappa shape index (κ3) is 4.54. The quantitative estimate of drug-likeness (QED) is 0.607. The van der Waals surface area contributed by atoms with Crippen molar-refractivity contribution in [1.29, 1.82) is 0 Å². The van der Waals surface area contributed by atoms with Gasteiger partial charge in [-0.1, -0.05) is 54.6 Å². The van der Waals surface area contributed by atoms with E-state index in [4.69, 9.17) is 9.47 Å². The summed E-state index contributed by atoms with van der Waals surface area (Å²) in [7, 11) is 1.62. The molecule has 4 nitrogen and oxygen atoms in total. The molecule has 0 saturated heterocycles. The predicted molar refractivity (Wildman–Crippen MR) is 99.1 cm³/mol. The molecule has 0 spiro atoms. The van der Waals surface area contributed by atoms with Gasteiger partial charge in [0.15, 0.2) is 5.70 Å². The molecule has 1 aliphatic heterocycles. The van der Waals surface area contributed by atoms with Crippen LogP contribution in [0, 0.1) is 0 Å². The topological polar surface area (TPSA) is 47.9 Å². The minimum Gasteiger partial charge on any atom is -0.497 e. The fraction of sp³-hybridized carbons (Fsp3) is 0.0476. The van der Waals surface area contributed by atoms with E-state index in [1.165, 1.54) is 0 Å². The molecule has 0 unspecified atom stereocenters. The number of allylic oxidation sites excluding steroid dienone is 2. The molecule has 0 aromatic heterocycles. The number of benzene rings is 2.